The number of nitrogens with zero attached hydrogens (tertiary/aromatic N) is 1. The van der Waals surface area contributed by atoms with E-state index >= 15 is 0 Å². The largest absolute Gasteiger partial charge is 0.306 e. The molecule has 11 heavy (non-hydrogen) atoms. The molecule has 0 spiro atoms. The van der Waals surface area contributed by atoms with Gasteiger partial charge in [-0.2, -0.15) is 0 Å². The molecule has 1 rings (SSSR count). The monoisotopic (exact) mass is 159 g/mol. The second kappa shape index (κ2) is 3.30. The zero-order valence-corrected chi connectivity index (χ0v) is 6.85. The van der Waals surface area contributed by atoms with Crippen LogP contribution < -0.4 is 0 Å². The van der Waals surface area contributed by atoms with Crippen molar-refractivity contribution in [3.63, 3.8) is 0 Å². The molecule has 2 nitrogen and oxygen atoms in total. The summed E-state index contributed by atoms with van der Waals surface area (Å²) in [6.07, 6.45) is 2.13. The predicted octanol–water partition coefficient (Wildman–Crippen LogP) is 0.867. The van der Waals surface area contributed by atoms with Crippen molar-refractivity contribution in [2.75, 3.05) is 26.8 Å². The fourth-order valence-corrected chi connectivity index (χ4v) is 1.35. The molecular weight excluding hydrogens is 145 g/mol. The zero-order chi connectivity index (χ0) is 8.32. The summed E-state index contributed by atoms with van der Waals surface area (Å²) < 4.78 is 12.4. The number of rotatable bonds is 2. The molecule has 0 aromatic carbocycles. The molecule has 0 saturated carbocycles. The average molecular weight is 159 g/mol. The summed E-state index contributed by atoms with van der Waals surface area (Å²) in [6, 6.07) is 0. The summed E-state index contributed by atoms with van der Waals surface area (Å²) in [5.74, 6) is 0. The van der Waals surface area contributed by atoms with Crippen LogP contribution in [0.3, 0.4) is 0 Å². The fraction of sp³-hybridized carbons (Fsp3) is 0.875. The molecule has 1 heterocycles. The lowest BCUT2D eigenvalue weighted by atomic mass is 9.81. The number of carbonyl (C=O) groups is 1. The number of alkyl halides is 1. The van der Waals surface area contributed by atoms with Crippen molar-refractivity contribution in [2.24, 2.45) is 5.41 Å². The van der Waals surface area contributed by atoms with Crippen molar-refractivity contribution < 1.29 is 9.18 Å². The summed E-state index contributed by atoms with van der Waals surface area (Å²) in [6.45, 7) is 1.18. The highest BCUT2D eigenvalue weighted by atomic mass is 19.1. The number of aldehydes is 1. The predicted molar refractivity (Wildman–Crippen MR) is 41.2 cm³/mol. The molecular formula is C8H14FNO. The summed E-state index contributed by atoms with van der Waals surface area (Å²) in [7, 11) is 1.99. The van der Waals surface area contributed by atoms with Gasteiger partial charge in [0.15, 0.2) is 0 Å². The van der Waals surface area contributed by atoms with Gasteiger partial charge >= 0.3 is 0 Å². The molecule has 0 atom stereocenters. The number of hydrogen-bond acceptors (Lipinski definition) is 2. The Morgan fingerprint density at radius 1 is 1.55 bits per heavy atom. The van der Waals surface area contributed by atoms with Crippen molar-refractivity contribution in [3.05, 3.63) is 0 Å². The molecule has 0 unspecified atom stereocenters. The zero-order valence-electron chi connectivity index (χ0n) is 6.85. The van der Waals surface area contributed by atoms with Gasteiger partial charge in [0.25, 0.3) is 0 Å². The first kappa shape index (κ1) is 8.65. The minimum Gasteiger partial charge on any atom is -0.306 e. The molecule has 1 saturated heterocycles. The quantitative estimate of drug-likeness (QED) is 0.557. The van der Waals surface area contributed by atoms with E-state index in [2.05, 4.69) is 4.90 Å². The van der Waals surface area contributed by atoms with E-state index in [-0.39, 0.29) is 0 Å². The van der Waals surface area contributed by atoms with Gasteiger partial charge in [0.05, 0.1) is 5.41 Å². The van der Waals surface area contributed by atoms with Gasteiger partial charge in [0.2, 0.25) is 0 Å². The van der Waals surface area contributed by atoms with Crippen LogP contribution in [0.4, 0.5) is 4.39 Å². The SMILES string of the molecule is CN1CCC(C=O)(CF)CC1. The number of hydrogen-bond donors (Lipinski definition) is 0. The van der Waals surface area contributed by atoms with Crippen molar-refractivity contribution in [2.45, 2.75) is 12.8 Å². The van der Waals surface area contributed by atoms with Gasteiger partial charge in [0.1, 0.15) is 13.0 Å². The van der Waals surface area contributed by atoms with Crippen LogP contribution >= 0.6 is 0 Å². The smallest absolute Gasteiger partial charge is 0.128 e. The Bertz CT molecular complexity index is 141. The molecule has 64 valence electrons. The Kier molecular flexibility index (Phi) is 2.60. The average Bonchev–Trinajstić information content (AvgIpc) is 2.07. The fourth-order valence-electron chi connectivity index (χ4n) is 1.35. The molecule has 1 fully saturated rings. The second-order valence-electron chi connectivity index (χ2n) is 3.42. The van der Waals surface area contributed by atoms with E-state index in [0.717, 1.165) is 19.4 Å². The summed E-state index contributed by atoms with van der Waals surface area (Å²) in [5.41, 5.74) is -0.646. The summed E-state index contributed by atoms with van der Waals surface area (Å²) in [4.78, 5) is 12.7. The van der Waals surface area contributed by atoms with E-state index in [9.17, 15) is 9.18 Å². The first-order valence-corrected chi connectivity index (χ1v) is 3.93. The molecule has 0 radical (unpaired) electrons. The van der Waals surface area contributed by atoms with Crippen LogP contribution in [-0.4, -0.2) is 38.0 Å². The third-order valence-corrected chi connectivity index (χ3v) is 2.50. The van der Waals surface area contributed by atoms with Crippen LogP contribution in [0.15, 0.2) is 0 Å². The first-order valence-electron chi connectivity index (χ1n) is 3.93. The Morgan fingerprint density at radius 3 is 2.45 bits per heavy atom. The van der Waals surface area contributed by atoms with Gasteiger partial charge in [-0.05, 0) is 33.0 Å². The maximum Gasteiger partial charge on any atom is 0.128 e. The Balaban J connectivity index is 2.52. The minimum atomic E-state index is -0.646. The van der Waals surface area contributed by atoms with Gasteiger partial charge < -0.3 is 9.69 Å². The molecule has 0 bridgehead atoms. The van der Waals surface area contributed by atoms with Gasteiger partial charge in [-0.1, -0.05) is 0 Å². The lowest BCUT2D eigenvalue weighted by Gasteiger charge is -2.34. The Hall–Kier alpha value is -0.440. The van der Waals surface area contributed by atoms with Gasteiger partial charge in [0, 0.05) is 0 Å². The lowest BCUT2D eigenvalue weighted by Crippen LogP contribution is -2.40. The lowest BCUT2D eigenvalue weighted by molar-refractivity contribution is -0.119. The number of likely N-dealkylation sites (tertiary alicyclic amines) is 1. The molecule has 3 heteroatoms. The normalized spacial score (nSPS) is 24.9. The maximum atomic E-state index is 12.4. The molecule has 0 aromatic heterocycles. The van der Waals surface area contributed by atoms with Crippen LogP contribution in [0.5, 0.6) is 0 Å². The van der Waals surface area contributed by atoms with Crippen molar-refractivity contribution in [1.82, 2.24) is 4.90 Å². The van der Waals surface area contributed by atoms with Crippen LogP contribution in [0.1, 0.15) is 12.8 Å². The third-order valence-electron chi connectivity index (χ3n) is 2.50. The van der Waals surface area contributed by atoms with E-state index in [1.807, 2.05) is 7.05 Å². The van der Waals surface area contributed by atoms with E-state index < -0.39 is 12.1 Å². The highest BCUT2D eigenvalue weighted by molar-refractivity contribution is 5.59. The number of piperidine rings is 1. The standard InChI is InChI=1S/C8H14FNO/c1-10-4-2-8(6-9,7-11)3-5-10/h7H,2-6H2,1H3. The minimum absolute atomic E-state index is 0.496. The Morgan fingerprint density at radius 2 is 2.09 bits per heavy atom. The highest BCUT2D eigenvalue weighted by Gasteiger charge is 2.33. The van der Waals surface area contributed by atoms with E-state index in [1.54, 1.807) is 0 Å². The Labute approximate surface area is 66.4 Å². The van der Waals surface area contributed by atoms with E-state index in [4.69, 9.17) is 0 Å². The molecule has 1 aliphatic rings. The van der Waals surface area contributed by atoms with Gasteiger partial charge in [-0.25, -0.2) is 0 Å². The maximum absolute atomic E-state index is 12.4. The highest BCUT2D eigenvalue weighted by Crippen LogP contribution is 2.28. The van der Waals surface area contributed by atoms with Gasteiger partial charge in [-0.15, -0.1) is 0 Å². The molecule has 0 aliphatic carbocycles. The first-order chi connectivity index (χ1) is 5.22. The van der Waals surface area contributed by atoms with E-state index in [0.29, 0.717) is 12.8 Å². The van der Waals surface area contributed by atoms with Crippen LogP contribution in [0, 0.1) is 5.41 Å². The third kappa shape index (κ3) is 1.77. The number of halogens is 1. The van der Waals surface area contributed by atoms with Crippen LogP contribution in [-0.2, 0) is 4.79 Å². The van der Waals surface area contributed by atoms with Crippen molar-refractivity contribution >= 4 is 6.29 Å². The molecule has 1 aliphatic heterocycles. The van der Waals surface area contributed by atoms with E-state index in [1.165, 1.54) is 0 Å². The molecule has 0 N–H and O–H groups in total. The van der Waals surface area contributed by atoms with Crippen LogP contribution in [0.25, 0.3) is 0 Å². The molecule has 0 aromatic rings. The molecule has 0 amide bonds. The van der Waals surface area contributed by atoms with Crippen molar-refractivity contribution in [1.29, 1.82) is 0 Å². The van der Waals surface area contributed by atoms with Crippen molar-refractivity contribution in [3.8, 4) is 0 Å². The number of carbonyl (C=O) groups excluding carboxylic acids is 1. The van der Waals surface area contributed by atoms with Crippen LogP contribution in [0.2, 0.25) is 0 Å². The second-order valence-corrected chi connectivity index (χ2v) is 3.42. The summed E-state index contributed by atoms with van der Waals surface area (Å²) >= 11 is 0. The summed E-state index contributed by atoms with van der Waals surface area (Å²) in [5, 5.41) is 0. The topological polar surface area (TPSA) is 20.3 Å². The van der Waals surface area contributed by atoms with Gasteiger partial charge in [-0.3, -0.25) is 4.39 Å².